The van der Waals surface area contributed by atoms with Gasteiger partial charge in [-0.3, -0.25) is 14.4 Å². The van der Waals surface area contributed by atoms with Crippen LogP contribution < -0.4 is 5.32 Å². The van der Waals surface area contributed by atoms with E-state index in [0.717, 1.165) is 12.8 Å². The predicted molar refractivity (Wildman–Crippen MR) is 212 cm³/mol. The molecule has 1 unspecified atom stereocenters. The van der Waals surface area contributed by atoms with Crippen molar-refractivity contribution < 1.29 is 48.3 Å². The summed E-state index contributed by atoms with van der Waals surface area (Å²) in [6.45, 7) is 19.9. The Bertz CT molecular complexity index is 1490. The molecule has 3 N–H and O–H groups in total. The molecule has 2 spiro atoms. The standard InChI is InChI=1S/C45H71NO10/c1-12-24-46-41(50)32(13-2)34-17-16-26(5)39(53-34)30(9)37(48)29(8)38(49)33(14-3)40-27(6)25-28(7)44(54-40)21-18-35(47)45(56-44)23-22-42(11,55-45)36-19-20-43(51,15-4)31(10)52-36/h1,18,21,26-34,36-37,39-40,48,51H,13-17,19-20,22-25H2,2-11H3,(H,46,50)/t26-,27-,28+,29-,30-,31-,32+,33-,34+,36+,37+,39+,40?,42-,43+,44-,45-/m0/s1. The number of carbonyl (C=O) groups excluding carboxylic acids is 3. The molecule has 11 nitrogen and oxygen atoms in total. The number of amides is 1. The van der Waals surface area contributed by atoms with E-state index in [1.54, 1.807) is 13.0 Å². The summed E-state index contributed by atoms with van der Waals surface area (Å²) in [6, 6.07) is 0. The molecule has 4 saturated heterocycles. The number of hydrogen-bond acceptors (Lipinski definition) is 10. The molecule has 0 aromatic carbocycles. The Labute approximate surface area is 335 Å². The third kappa shape index (κ3) is 8.46. The lowest BCUT2D eigenvalue weighted by molar-refractivity contribution is -0.378. The average molecular weight is 786 g/mol. The summed E-state index contributed by atoms with van der Waals surface area (Å²) < 4.78 is 33.5. The molecule has 56 heavy (non-hydrogen) atoms. The fourth-order valence-electron chi connectivity index (χ4n) is 10.6. The van der Waals surface area contributed by atoms with E-state index in [2.05, 4.69) is 25.1 Å². The van der Waals surface area contributed by atoms with Gasteiger partial charge in [-0.2, -0.15) is 0 Å². The van der Waals surface area contributed by atoms with E-state index in [9.17, 15) is 24.6 Å². The number of carbonyl (C=O) groups is 3. The van der Waals surface area contributed by atoms with E-state index in [4.69, 9.17) is 30.1 Å². The molecular weight excluding hydrogens is 714 g/mol. The third-order valence-electron chi connectivity index (χ3n) is 14.7. The van der Waals surface area contributed by atoms with E-state index < -0.39 is 46.8 Å². The van der Waals surface area contributed by atoms with Crippen molar-refractivity contribution in [2.45, 2.75) is 193 Å². The van der Waals surface area contributed by atoms with Gasteiger partial charge in [0.2, 0.25) is 17.5 Å². The molecule has 5 heterocycles. The summed E-state index contributed by atoms with van der Waals surface area (Å²) in [5, 5.41) is 25.7. The fraction of sp³-hybridized carbons (Fsp3) is 0.844. The number of terminal acetylenes is 1. The maximum absolute atomic E-state index is 14.5. The van der Waals surface area contributed by atoms with Crippen molar-refractivity contribution in [2.75, 3.05) is 6.54 Å². The number of aliphatic hydroxyl groups is 2. The number of rotatable bonds is 13. The molecular formula is C45H71NO10. The molecule has 316 valence electrons. The lowest BCUT2D eigenvalue weighted by Gasteiger charge is -2.53. The molecule has 17 atom stereocenters. The Balaban J connectivity index is 1.30. The second-order valence-electron chi connectivity index (χ2n) is 18.3. The van der Waals surface area contributed by atoms with Crippen LogP contribution >= 0.6 is 0 Å². The summed E-state index contributed by atoms with van der Waals surface area (Å²) in [5.41, 5.74) is -1.71. The second kappa shape index (κ2) is 17.6. The average Bonchev–Trinajstić information content (AvgIpc) is 3.52. The normalized spacial score (nSPS) is 42.8. The molecule has 0 aromatic heterocycles. The van der Waals surface area contributed by atoms with Crippen molar-refractivity contribution in [1.82, 2.24) is 5.32 Å². The zero-order valence-electron chi connectivity index (χ0n) is 35.7. The maximum atomic E-state index is 14.5. The van der Waals surface area contributed by atoms with Gasteiger partial charge in [0, 0.05) is 30.1 Å². The number of hydrogen-bond donors (Lipinski definition) is 3. The second-order valence-corrected chi connectivity index (χ2v) is 18.3. The summed E-state index contributed by atoms with van der Waals surface area (Å²) in [5.74, 6) is -2.89. The third-order valence-corrected chi connectivity index (χ3v) is 14.7. The summed E-state index contributed by atoms with van der Waals surface area (Å²) in [7, 11) is 0. The zero-order valence-corrected chi connectivity index (χ0v) is 35.7. The number of Topliss-reactive ketones (excluding diaryl/α,β-unsaturated/α-hetero) is 1. The minimum Gasteiger partial charge on any atom is -0.392 e. The Morgan fingerprint density at radius 2 is 1.66 bits per heavy atom. The zero-order chi connectivity index (χ0) is 41.4. The van der Waals surface area contributed by atoms with Crippen LogP contribution in [0.25, 0.3) is 0 Å². The summed E-state index contributed by atoms with van der Waals surface area (Å²) in [6.07, 6.45) is 11.7. The van der Waals surface area contributed by atoms with Gasteiger partial charge in [0.1, 0.15) is 5.78 Å². The van der Waals surface area contributed by atoms with Gasteiger partial charge in [0.25, 0.3) is 0 Å². The van der Waals surface area contributed by atoms with E-state index in [1.807, 2.05) is 48.5 Å². The SMILES string of the molecule is C#CCNC(=O)[C@H](CC)[C@H]1CC[C@H](C)[C@H]([C@@H](C)[C@H](O)[C@H](C)C(=O)[C@H](CC)C2O[C@]3(C=CC(=O)[C@]4(CC[C@@](C)([C@H]5CC[C@](O)(CC)[C@H](C)O5)O4)O3)[C@H](C)C[C@@H]2C)O1. The van der Waals surface area contributed by atoms with Crippen molar-refractivity contribution in [2.24, 2.45) is 41.4 Å². The highest BCUT2D eigenvalue weighted by Crippen LogP contribution is 2.53. The van der Waals surface area contributed by atoms with E-state index in [1.165, 1.54) is 6.08 Å². The van der Waals surface area contributed by atoms with Gasteiger partial charge < -0.3 is 39.2 Å². The van der Waals surface area contributed by atoms with Crippen LogP contribution in [-0.2, 0) is 38.1 Å². The Hall–Kier alpha value is -2.17. The first-order valence-corrected chi connectivity index (χ1v) is 21.6. The van der Waals surface area contributed by atoms with Crippen LogP contribution in [0, 0.1) is 53.8 Å². The van der Waals surface area contributed by atoms with Crippen LogP contribution in [0.15, 0.2) is 12.2 Å². The van der Waals surface area contributed by atoms with Crippen molar-refractivity contribution >= 4 is 17.5 Å². The monoisotopic (exact) mass is 786 g/mol. The molecule has 11 heteroatoms. The van der Waals surface area contributed by atoms with Gasteiger partial charge in [-0.05, 0) is 95.6 Å². The molecule has 5 aliphatic heterocycles. The first-order chi connectivity index (χ1) is 26.3. The molecule has 0 radical (unpaired) electrons. The molecule has 0 aromatic rings. The van der Waals surface area contributed by atoms with Crippen LogP contribution in [0.2, 0.25) is 0 Å². The van der Waals surface area contributed by atoms with Crippen molar-refractivity contribution in [3.63, 3.8) is 0 Å². The molecule has 0 aliphatic carbocycles. The van der Waals surface area contributed by atoms with Crippen LogP contribution in [0.4, 0.5) is 0 Å². The highest BCUT2D eigenvalue weighted by molar-refractivity contribution is 5.97. The van der Waals surface area contributed by atoms with Gasteiger partial charge in [0.15, 0.2) is 5.79 Å². The van der Waals surface area contributed by atoms with Crippen LogP contribution in [0.3, 0.4) is 0 Å². The van der Waals surface area contributed by atoms with Crippen molar-refractivity contribution in [3.8, 4) is 12.3 Å². The van der Waals surface area contributed by atoms with Gasteiger partial charge in [-0.25, -0.2) is 0 Å². The maximum Gasteiger partial charge on any atom is 0.236 e. The van der Waals surface area contributed by atoms with Crippen LogP contribution in [0.1, 0.15) is 133 Å². The lowest BCUT2D eigenvalue weighted by Crippen LogP contribution is -2.62. The Morgan fingerprint density at radius 3 is 2.29 bits per heavy atom. The van der Waals surface area contributed by atoms with Gasteiger partial charge in [0.05, 0.1) is 60.3 Å². The Morgan fingerprint density at radius 1 is 0.964 bits per heavy atom. The molecule has 4 fully saturated rings. The first-order valence-electron chi connectivity index (χ1n) is 21.6. The summed E-state index contributed by atoms with van der Waals surface area (Å²) >= 11 is 0. The van der Waals surface area contributed by atoms with E-state index in [-0.39, 0.29) is 78.0 Å². The predicted octanol–water partition coefficient (Wildman–Crippen LogP) is 6.06. The highest BCUT2D eigenvalue weighted by atomic mass is 16.8. The molecule has 5 rings (SSSR count). The largest absolute Gasteiger partial charge is 0.392 e. The fourth-order valence-corrected chi connectivity index (χ4v) is 10.6. The topological polar surface area (TPSA) is 150 Å². The van der Waals surface area contributed by atoms with E-state index in [0.29, 0.717) is 51.4 Å². The summed E-state index contributed by atoms with van der Waals surface area (Å²) in [4.78, 5) is 41.2. The molecule has 5 aliphatic rings. The minimum absolute atomic E-state index is 0.00451. The van der Waals surface area contributed by atoms with Gasteiger partial charge in [-0.15, -0.1) is 6.42 Å². The minimum atomic E-state index is -1.56. The first kappa shape index (κ1) is 44.9. The molecule has 0 bridgehead atoms. The van der Waals surface area contributed by atoms with Crippen LogP contribution in [-0.4, -0.2) is 93.6 Å². The van der Waals surface area contributed by atoms with Crippen molar-refractivity contribution in [3.05, 3.63) is 12.2 Å². The number of ketones is 2. The number of aliphatic hydroxyl groups excluding tert-OH is 1. The molecule has 0 saturated carbocycles. The van der Waals surface area contributed by atoms with Crippen LogP contribution in [0.5, 0.6) is 0 Å². The Kier molecular flexibility index (Phi) is 14.1. The smallest absolute Gasteiger partial charge is 0.236 e. The molecule has 1 amide bonds. The van der Waals surface area contributed by atoms with E-state index >= 15 is 0 Å². The van der Waals surface area contributed by atoms with Crippen molar-refractivity contribution in [1.29, 1.82) is 0 Å². The highest BCUT2D eigenvalue weighted by Gasteiger charge is 2.63. The number of nitrogens with one attached hydrogen (secondary N) is 1. The number of ether oxygens (including phenoxy) is 5. The quantitative estimate of drug-likeness (QED) is 0.188. The van der Waals surface area contributed by atoms with Gasteiger partial charge >= 0.3 is 0 Å². The lowest BCUT2D eigenvalue weighted by atomic mass is 9.72. The van der Waals surface area contributed by atoms with Gasteiger partial charge in [-0.1, -0.05) is 61.3 Å².